The fraction of sp³-hybridized carbons (Fsp3) is 0.333. The Labute approximate surface area is 93.3 Å². The molecule has 80 valence electrons. The maximum absolute atomic E-state index is 3.89. The van der Waals surface area contributed by atoms with Crippen molar-refractivity contribution >= 4 is 0 Å². The minimum absolute atomic E-state index is 1.11. The largest absolute Gasteiger partial charge is 0.100 e. The number of hydrogen-bond donors (Lipinski definition) is 0. The third-order valence-corrected chi connectivity index (χ3v) is 2.35. The molecule has 0 fully saturated rings. The van der Waals surface area contributed by atoms with Gasteiger partial charge in [-0.25, -0.2) is 0 Å². The second-order valence-corrected chi connectivity index (χ2v) is 3.99. The maximum atomic E-state index is 3.89. The molecule has 0 saturated heterocycles. The standard InChI is InChI=1S/C15H20/c1-14(2)10-6-3-4-7-11-15-12-8-5-9-13-15/h3-5,8-9,12-13H,1,6-7,10-11H2,2H3/b4-3-. The van der Waals surface area contributed by atoms with E-state index in [4.69, 9.17) is 0 Å². The van der Waals surface area contributed by atoms with Gasteiger partial charge in [-0.2, -0.15) is 0 Å². The third kappa shape index (κ3) is 5.90. The summed E-state index contributed by atoms with van der Waals surface area (Å²) in [5, 5.41) is 0. The predicted molar refractivity (Wildman–Crippen MR) is 68.0 cm³/mol. The number of rotatable bonds is 6. The highest BCUT2D eigenvalue weighted by Crippen LogP contribution is 2.05. The lowest BCUT2D eigenvalue weighted by Crippen LogP contribution is -1.81. The molecule has 0 heteroatoms. The van der Waals surface area contributed by atoms with Crippen LogP contribution in [0.15, 0.2) is 54.6 Å². The molecule has 0 unspecified atom stereocenters. The van der Waals surface area contributed by atoms with E-state index in [1.54, 1.807) is 0 Å². The Balaban J connectivity index is 2.14. The minimum Gasteiger partial charge on any atom is -0.100 e. The Morgan fingerprint density at radius 2 is 1.80 bits per heavy atom. The van der Waals surface area contributed by atoms with Crippen LogP contribution in [0.25, 0.3) is 0 Å². The van der Waals surface area contributed by atoms with Gasteiger partial charge in [-0.15, -0.1) is 6.58 Å². The molecule has 0 aliphatic rings. The summed E-state index contributed by atoms with van der Waals surface area (Å²) >= 11 is 0. The first-order chi connectivity index (χ1) is 7.29. The SMILES string of the molecule is C=C(C)CC/C=C\CCc1ccccc1. The van der Waals surface area contributed by atoms with Crippen LogP contribution < -0.4 is 0 Å². The summed E-state index contributed by atoms with van der Waals surface area (Å²) in [4.78, 5) is 0. The highest BCUT2D eigenvalue weighted by Gasteiger charge is 1.88. The number of aryl methyl sites for hydroxylation is 1. The quantitative estimate of drug-likeness (QED) is 0.592. The molecule has 0 atom stereocenters. The van der Waals surface area contributed by atoms with Crippen LogP contribution in [0.1, 0.15) is 31.7 Å². The first-order valence-corrected chi connectivity index (χ1v) is 5.62. The van der Waals surface area contributed by atoms with Crippen LogP contribution >= 0.6 is 0 Å². The van der Waals surface area contributed by atoms with Gasteiger partial charge in [0.05, 0.1) is 0 Å². The molecule has 0 amide bonds. The lowest BCUT2D eigenvalue weighted by atomic mass is 10.1. The van der Waals surface area contributed by atoms with Crippen LogP contribution in [0, 0.1) is 0 Å². The Kier molecular flexibility index (Phi) is 5.54. The van der Waals surface area contributed by atoms with Crippen LogP contribution in [0.5, 0.6) is 0 Å². The van der Waals surface area contributed by atoms with Gasteiger partial charge in [0.2, 0.25) is 0 Å². The normalized spacial score (nSPS) is 10.7. The Morgan fingerprint density at radius 3 is 2.47 bits per heavy atom. The Bertz CT molecular complexity index is 306. The molecular weight excluding hydrogens is 180 g/mol. The summed E-state index contributed by atoms with van der Waals surface area (Å²) in [6, 6.07) is 10.6. The molecule has 1 rings (SSSR count). The molecule has 15 heavy (non-hydrogen) atoms. The van der Waals surface area contributed by atoms with Crippen molar-refractivity contribution in [2.24, 2.45) is 0 Å². The van der Waals surface area contributed by atoms with Crippen LogP contribution in [0.2, 0.25) is 0 Å². The number of allylic oxidation sites excluding steroid dienone is 3. The van der Waals surface area contributed by atoms with E-state index in [1.165, 1.54) is 11.1 Å². The highest BCUT2D eigenvalue weighted by molar-refractivity contribution is 5.15. The molecule has 0 nitrogen and oxygen atoms in total. The van der Waals surface area contributed by atoms with E-state index in [0.717, 1.165) is 25.7 Å². The predicted octanol–water partition coefficient (Wildman–Crippen LogP) is 4.53. The van der Waals surface area contributed by atoms with Gasteiger partial charge in [-0.05, 0) is 38.2 Å². The van der Waals surface area contributed by atoms with Gasteiger partial charge in [0.15, 0.2) is 0 Å². The van der Waals surface area contributed by atoms with Crippen LogP contribution in [0.3, 0.4) is 0 Å². The molecule has 0 heterocycles. The summed E-state index contributed by atoms with van der Waals surface area (Å²) in [5.41, 5.74) is 2.68. The Morgan fingerprint density at radius 1 is 1.13 bits per heavy atom. The summed E-state index contributed by atoms with van der Waals surface area (Å²) < 4.78 is 0. The first-order valence-electron chi connectivity index (χ1n) is 5.62. The zero-order valence-electron chi connectivity index (χ0n) is 9.58. The van der Waals surface area contributed by atoms with Crippen molar-refractivity contribution in [1.82, 2.24) is 0 Å². The molecule has 0 bridgehead atoms. The van der Waals surface area contributed by atoms with E-state index in [-0.39, 0.29) is 0 Å². The molecular formula is C15H20. The zero-order valence-corrected chi connectivity index (χ0v) is 9.58. The van der Waals surface area contributed by atoms with Gasteiger partial charge < -0.3 is 0 Å². The second-order valence-electron chi connectivity index (χ2n) is 3.99. The zero-order chi connectivity index (χ0) is 10.9. The van der Waals surface area contributed by atoms with Gasteiger partial charge in [-0.3, -0.25) is 0 Å². The van der Waals surface area contributed by atoms with E-state index in [9.17, 15) is 0 Å². The van der Waals surface area contributed by atoms with Crippen LogP contribution in [-0.2, 0) is 6.42 Å². The number of hydrogen-bond acceptors (Lipinski definition) is 0. The van der Waals surface area contributed by atoms with Crippen LogP contribution in [0.4, 0.5) is 0 Å². The summed E-state index contributed by atoms with van der Waals surface area (Å²) in [6.07, 6.45) is 9.06. The molecule has 0 N–H and O–H groups in total. The Hall–Kier alpha value is -1.30. The second kappa shape index (κ2) is 7.05. The topological polar surface area (TPSA) is 0 Å². The van der Waals surface area contributed by atoms with E-state index >= 15 is 0 Å². The monoisotopic (exact) mass is 200 g/mol. The average Bonchev–Trinajstić information content (AvgIpc) is 2.24. The van der Waals surface area contributed by atoms with Crippen LogP contribution in [-0.4, -0.2) is 0 Å². The van der Waals surface area contributed by atoms with Gasteiger partial charge in [0, 0.05) is 0 Å². The minimum atomic E-state index is 1.11. The fourth-order valence-electron chi connectivity index (χ4n) is 1.46. The maximum Gasteiger partial charge on any atom is -0.0244 e. The van der Waals surface area contributed by atoms with E-state index in [0.29, 0.717) is 0 Å². The van der Waals surface area contributed by atoms with E-state index < -0.39 is 0 Å². The molecule has 0 radical (unpaired) electrons. The van der Waals surface area contributed by atoms with Gasteiger partial charge >= 0.3 is 0 Å². The first kappa shape index (κ1) is 11.8. The van der Waals surface area contributed by atoms with Gasteiger partial charge in [0.1, 0.15) is 0 Å². The van der Waals surface area contributed by atoms with Crippen molar-refractivity contribution in [3.05, 3.63) is 60.2 Å². The third-order valence-electron chi connectivity index (χ3n) is 2.35. The molecule has 1 aromatic rings. The molecule has 0 aliphatic heterocycles. The average molecular weight is 200 g/mol. The van der Waals surface area contributed by atoms with Crippen molar-refractivity contribution in [3.63, 3.8) is 0 Å². The van der Waals surface area contributed by atoms with Crippen molar-refractivity contribution < 1.29 is 0 Å². The smallest absolute Gasteiger partial charge is 0.0244 e. The summed E-state index contributed by atoms with van der Waals surface area (Å²) in [7, 11) is 0. The van der Waals surface area contributed by atoms with Crippen molar-refractivity contribution in [2.75, 3.05) is 0 Å². The van der Waals surface area contributed by atoms with E-state index in [1.807, 2.05) is 0 Å². The molecule has 1 aromatic carbocycles. The van der Waals surface area contributed by atoms with Gasteiger partial charge in [-0.1, -0.05) is 48.1 Å². The van der Waals surface area contributed by atoms with Gasteiger partial charge in [0.25, 0.3) is 0 Å². The van der Waals surface area contributed by atoms with E-state index in [2.05, 4.69) is 56.0 Å². The molecule has 0 aromatic heterocycles. The molecule has 0 aliphatic carbocycles. The van der Waals surface area contributed by atoms with Crippen molar-refractivity contribution in [2.45, 2.75) is 32.6 Å². The lowest BCUT2D eigenvalue weighted by molar-refractivity contribution is 0.953. The molecule has 0 spiro atoms. The molecule has 0 saturated carbocycles. The number of benzene rings is 1. The summed E-state index contributed by atoms with van der Waals surface area (Å²) in [5.74, 6) is 0. The van der Waals surface area contributed by atoms with Crippen molar-refractivity contribution in [3.8, 4) is 0 Å². The van der Waals surface area contributed by atoms with Crippen molar-refractivity contribution in [1.29, 1.82) is 0 Å². The summed E-state index contributed by atoms with van der Waals surface area (Å²) in [6.45, 7) is 5.97. The lowest BCUT2D eigenvalue weighted by Gasteiger charge is -1.96. The highest BCUT2D eigenvalue weighted by atomic mass is 13.9. The fourth-order valence-corrected chi connectivity index (χ4v) is 1.46.